The van der Waals surface area contributed by atoms with Crippen LogP contribution < -0.4 is 4.72 Å². The highest BCUT2D eigenvalue weighted by molar-refractivity contribution is 8.00. The molecule has 104 valence electrons. The number of pyridine rings is 1. The molecule has 3 aromatic rings. The van der Waals surface area contributed by atoms with Crippen LogP contribution in [0.1, 0.15) is 10.4 Å². The van der Waals surface area contributed by atoms with Gasteiger partial charge in [-0.25, -0.2) is 4.39 Å². The summed E-state index contributed by atoms with van der Waals surface area (Å²) in [6.45, 7) is 0. The standard InChI is InChI=1S/C16H11FN2OS/c17-13-9-11(10-20)6-7-14(13)19-21-15-5-1-3-12-4-2-8-18-16(12)15/h1-10,19H. The van der Waals surface area contributed by atoms with Crippen molar-refractivity contribution in [3.63, 3.8) is 0 Å². The Labute approximate surface area is 125 Å². The lowest BCUT2D eigenvalue weighted by atomic mass is 10.2. The van der Waals surface area contributed by atoms with E-state index in [4.69, 9.17) is 0 Å². The van der Waals surface area contributed by atoms with Gasteiger partial charge in [0.1, 0.15) is 12.1 Å². The molecule has 0 unspecified atom stereocenters. The molecule has 0 fully saturated rings. The van der Waals surface area contributed by atoms with Crippen LogP contribution in [0.2, 0.25) is 0 Å². The Morgan fingerprint density at radius 1 is 1.14 bits per heavy atom. The van der Waals surface area contributed by atoms with Crippen LogP contribution >= 0.6 is 11.9 Å². The van der Waals surface area contributed by atoms with E-state index in [0.717, 1.165) is 15.8 Å². The van der Waals surface area contributed by atoms with Crippen LogP contribution in [0, 0.1) is 5.82 Å². The molecule has 1 N–H and O–H groups in total. The van der Waals surface area contributed by atoms with Gasteiger partial charge in [-0.2, -0.15) is 0 Å². The van der Waals surface area contributed by atoms with E-state index in [0.29, 0.717) is 17.5 Å². The molecule has 21 heavy (non-hydrogen) atoms. The Kier molecular flexibility index (Phi) is 3.83. The molecule has 0 radical (unpaired) electrons. The number of aromatic nitrogens is 1. The number of nitrogens with zero attached hydrogens (tertiary/aromatic N) is 1. The Morgan fingerprint density at radius 3 is 2.81 bits per heavy atom. The van der Waals surface area contributed by atoms with Crippen molar-refractivity contribution in [2.75, 3.05) is 4.72 Å². The van der Waals surface area contributed by atoms with Crippen LogP contribution in [0.5, 0.6) is 0 Å². The van der Waals surface area contributed by atoms with Gasteiger partial charge in [0.15, 0.2) is 0 Å². The normalized spacial score (nSPS) is 10.5. The fourth-order valence-corrected chi connectivity index (χ4v) is 2.76. The number of hydrogen-bond donors (Lipinski definition) is 1. The van der Waals surface area contributed by atoms with Crippen molar-refractivity contribution in [1.82, 2.24) is 4.98 Å². The second-order valence-electron chi connectivity index (χ2n) is 4.39. The third-order valence-electron chi connectivity index (χ3n) is 3.00. The van der Waals surface area contributed by atoms with Crippen molar-refractivity contribution in [3.05, 3.63) is 66.1 Å². The van der Waals surface area contributed by atoms with Crippen LogP contribution in [0.15, 0.2) is 59.6 Å². The molecule has 0 aliphatic heterocycles. The molecule has 2 aromatic carbocycles. The van der Waals surface area contributed by atoms with Gasteiger partial charge >= 0.3 is 0 Å². The minimum atomic E-state index is -0.458. The molecule has 0 amide bonds. The zero-order chi connectivity index (χ0) is 14.7. The van der Waals surface area contributed by atoms with Crippen molar-refractivity contribution in [1.29, 1.82) is 0 Å². The number of halogens is 1. The van der Waals surface area contributed by atoms with Crippen molar-refractivity contribution >= 4 is 34.8 Å². The van der Waals surface area contributed by atoms with Crippen LogP contribution in [0.3, 0.4) is 0 Å². The number of hydrogen-bond acceptors (Lipinski definition) is 4. The van der Waals surface area contributed by atoms with Crippen molar-refractivity contribution in [2.24, 2.45) is 0 Å². The van der Waals surface area contributed by atoms with E-state index in [1.165, 1.54) is 18.0 Å². The van der Waals surface area contributed by atoms with Crippen LogP contribution in [-0.2, 0) is 0 Å². The van der Waals surface area contributed by atoms with Gasteiger partial charge < -0.3 is 4.72 Å². The Balaban J connectivity index is 1.85. The summed E-state index contributed by atoms with van der Waals surface area (Å²) in [5, 5.41) is 1.03. The lowest BCUT2D eigenvalue weighted by Crippen LogP contribution is -1.93. The summed E-state index contributed by atoms with van der Waals surface area (Å²) in [4.78, 5) is 15.8. The highest BCUT2D eigenvalue weighted by Crippen LogP contribution is 2.28. The lowest BCUT2D eigenvalue weighted by molar-refractivity contribution is 0.112. The molecule has 0 aliphatic rings. The highest BCUT2D eigenvalue weighted by atomic mass is 32.2. The zero-order valence-electron chi connectivity index (χ0n) is 10.9. The van der Waals surface area contributed by atoms with Gasteiger partial charge in [0.05, 0.1) is 16.1 Å². The number of para-hydroxylation sites is 1. The minimum absolute atomic E-state index is 0.315. The van der Waals surface area contributed by atoms with Crippen LogP contribution in [-0.4, -0.2) is 11.3 Å². The molecule has 1 heterocycles. The minimum Gasteiger partial charge on any atom is -0.323 e. The maximum Gasteiger partial charge on any atom is 0.150 e. The number of rotatable bonds is 4. The Morgan fingerprint density at radius 2 is 2.00 bits per heavy atom. The summed E-state index contributed by atoms with van der Waals surface area (Å²) in [7, 11) is 0. The number of carbonyl (C=O) groups excluding carboxylic acids is 1. The van der Waals surface area contributed by atoms with E-state index in [-0.39, 0.29) is 0 Å². The number of benzene rings is 2. The molecule has 0 saturated carbocycles. The maximum atomic E-state index is 13.8. The molecular formula is C16H11FN2OS. The second kappa shape index (κ2) is 5.93. The predicted molar refractivity (Wildman–Crippen MR) is 83.0 cm³/mol. The second-order valence-corrected chi connectivity index (χ2v) is 5.24. The van der Waals surface area contributed by atoms with E-state index < -0.39 is 5.82 Å². The largest absolute Gasteiger partial charge is 0.323 e. The molecule has 0 atom stereocenters. The van der Waals surface area contributed by atoms with Gasteiger partial charge in [-0.05, 0) is 42.3 Å². The SMILES string of the molecule is O=Cc1ccc(NSc2cccc3cccnc23)c(F)c1. The number of fused-ring (bicyclic) bond motifs is 1. The summed E-state index contributed by atoms with van der Waals surface area (Å²) in [5.41, 5.74) is 1.51. The smallest absolute Gasteiger partial charge is 0.150 e. The molecule has 0 spiro atoms. The molecule has 0 saturated heterocycles. The predicted octanol–water partition coefficient (Wildman–Crippen LogP) is 4.31. The van der Waals surface area contributed by atoms with Gasteiger partial charge in [0, 0.05) is 17.1 Å². The fraction of sp³-hybridized carbons (Fsp3) is 0. The van der Waals surface area contributed by atoms with Crippen molar-refractivity contribution in [3.8, 4) is 0 Å². The summed E-state index contributed by atoms with van der Waals surface area (Å²) < 4.78 is 16.8. The first-order chi connectivity index (χ1) is 10.3. The summed E-state index contributed by atoms with van der Waals surface area (Å²) >= 11 is 1.29. The molecule has 0 bridgehead atoms. The third-order valence-corrected chi connectivity index (χ3v) is 3.87. The van der Waals surface area contributed by atoms with Crippen molar-refractivity contribution < 1.29 is 9.18 Å². The number of anilines is 1. The molecule has 0 aliphatic carbocycles. The average molecular weight is 298 g/mol. The summed E-state index contributed by atoms with van der Waals surface area (Å²) in [6.07, 6.45) is 2.35. The Bertz CT molecular complexity index is 802. The number of aldehydes is 1. The van der Waals surface area contributed by atoms with E-state index in [1.54, 1.807) is 18.3 Å². The quantitative estimate of drug-likeness (QED) is 0.576. The maximum absolute atomic E-state index is 13.8. The number of carbonyl (C=O) groups is 1. The first kappa shape index (κ1) is 13.6. The highest BCUT2D eigenvalue weighted by Gasteiger charge is 2.06. The van der Waals surface area contributed by atoms with E-state index in [9.17, 15) is 9.18 Å². The average Bonchev–Trinajstić information content (AvgIpc) is 2.53. The van der Waals surface area contributed by atoms with Gasteiger partial charge in [0.2, 0.25) is 0 Å². The van der Waals surface area contributed by atoms with Gasteiger partial charge in [-0.1, -0.05) is 18.2 Å². The van der Waals surface area contributed by atoms with Crippen molar-refractivity contribution in [2.45, 2.75) is 4.90 Å². The van der Waals surface area contributed by atoms with Gasteiger partial charge in [0.25, 0.3) is 0 Å². The topological polar surface area (TPSA) is 42.0 Å². The monoisotopic (exact) mass is 298 g/mol. The van der Waals surface area contributed by atoms with Crippen LogP contribution in [0.25, 0.3) is 10.9 Å². The van der Waals surface area contributed by atoms with Crippen LogP contribution in [0.4, 0.5) is 10.1 Å². The van der Waals surface area contributed by atoms with E-state index in [2.05, 4.69) is 9.71 Å². The first-order valence-electron chi connectivity index (χ1n) is 6.29. The third kappa shape index (κ3) is 2.87. The summed E-state index contributed by atoms with van der Waals surface area (Å²) in [6, 6.07) is 14.0. The molecular weight excluding hydrogens is 287 g/mol. The molecule has 1 aromatic heterocycles. The molecule has 3 nitrogen and oxygen atoms in total. The zero-order valence-corrected chi connectivity index (χ0v) is 11.7. The van der Waals surface area contributed by atoms with E-state index >= 15 is 0 Å². The van der Waals surface area contributed by atoms with E-state index in [1.807, 2.05) is 30.3 Å². The molecule has 3 rings (SSSR count). The Hall–Kier alpha value is -2.40. The lowest BCUT2D eigenvalue weighted by Gasteiger charge is -2.08. The van der Waals surface area contributed by atoms with Gasteiger partial charge in [-0.15, -0.1) is 0 Å². The number of nitrogens with one attached hydrogen (secondary N) is 1. The fourth-order valence-electron chi connectivity index (χ4n) is 1.96. The molecule has 5 heteroatoms. The van der Waals surface area contributed by atoms with Gasteiger partial charge in [-0.3, -0.25) is 9.78 Å². The summed E-state index contributed by atoms with van der Waals surface area (Å²) in [5.74, 6) is -0.458. The first-order valence-corrected chi connectivity index (χ1v) is 7.11.